The van der Waals surface area contributed by atoms with Crippen molar-refractivity contribution in [2.24, 2.45) is 0 Å². The zero-order valence-corrected chi connectivity index (χ0v) is 9.88. The Labute approximate surface area is 98.9 Å². The quantitative estimate of drug-likeness (QED) is 0.604. The minimum absolute atomic E-state index is 0.363. The second-order valence-corrected chi connectivity index (χ2v) is 3.17. The molecule has 1 N–H and O–H groups in total. The first-order valence-electron chi connectivity index (χ1n) is 4.85. The van der Waals surface area contributed by atoms with Gasteiger partial charge in [-0.1, -0.05) is 0 Å². The fourth-order valence-electron chi connectivity index (χ4n) is 1.25. The summed E-state index contributed by atoms with van der Waals surface area (Å²) in [7, 11) is 4.84. The Morgan fingerprint density at radius 2 is 2.35 bits per heavy atom. The van der Waals surface area contributed by atoms with E-state index in [2.05, 4.69) is 10.3 Å². The maximum atomic E-state index is 10.4. The van der Waals surface area contributed by atoms with E-state index in [1.54, 1.807) is 37.3 Å². The molecule has 0 aliphatic carbocycles. The zero-order chi connectivity index (χ0) is 12.8. The van der Waals surface area contributed by atoms with Crippen LogP contribution in [0.4, 0.5) is 5.69 Å². The minimum atomic E-state index is -0.515. The maximum Gasteiger partial charge on any atom is 0.274 e. The monoisotopic (exact) mass is 238 g/mol. The van der Waals surface area contributed by atoms with Crippen LogP contribution < -0.4 is 15.0 Å². The van der Waals surface area contributed by atoms with E-state index >= 15 is 0 Å². The summed E-state index contributed by atoms with van der Waals surface area (Å²) in [4.78, 5) is 15.6. The molecular formula is C10H14N4O3. The van der Waals surface area contributed by atoms with Gasteiger partial charge in [-0.3, -0.25) is 10.1 Å². The van der Waals surface area contributed by atoms with E-state index in [0.717, 1.165) is 6.20 Å². The molecule has 7 nitrogen and oxygen atoms in total. The Kier molecular flexibility index (Phi) is 4.27. The first-order chi connectivity index (χ1) is 8.08. The molecule has 1 aromatic rings. The molecule has 92 valence electrons. The predicted octanol–water partition coefficient (Wildman–Crippen LogP) is 0.821. The number of ether oxygens (including phenoxy) is 1. The average Bonchev–Trinajstić information content (AvgIpc) is 2.35. The third-order valence-corrected chi connectivity index (χ3v) is 2.16. The molecule has 0 atom stereocenters. The van der Waals surface area contributed by atoms with Crippen molar-refractivity contribution in [3.05, 3.63) is 40.5 Å². The van der Waals surface area contributed by atoms with Gasteiger partial charge in [-0.05, 0) is 6.07 Å². The summed E-state index contributed by atoms with van der Waals surface area (Å²) in [6.45, 7) is 0. The van der Waals surface area contributed by atoms with Gasteiger partial charge >= 0.3 is 0 Å². The van der Waals surface area contributed by atoms with Crippen LogP contribution in [0.5, 0.6) is 5.88 Å². The first kappa shape index (κ1) is 12.8. The van der Waals surface area contributed by atoms with E-state index in [1.165, 1.54) is 7.11 Å². The summed E-state index contributed by atoms with van der Waals surface area (Å²) in [5.74, 6) is 0.855. The molecule has 0 bridgehead atoms. The number of rotatable bonds is 5. The summed E-state index contributed by atoms with van der Waals surface area (Å²) in [6, 6.07) is 3.45. The highest BCUT2D eigenvalue weighted by atomic mass is 16.6. The van der Waals surface area contributed by atoms with Gasteiger partial charge in [0, 0.05) is 20.2 Å². The van der Waals surface area contributed by atoms with E-state index in [9.17, 15) is 10.1 Å². The van der Waals surface area contributed by atoms with E-state index in [-0.39, 0.29) is 0 Å². The Morgan fingerprint density at radius 1 is 1.65 bits per heavy atom. The topological polar surface area (TPSA) is 80.5 Å². The second-order valence-electron chi connectivity index (χ2n) is 3.17. The first-order valence-corrected chi connectivity index (χ1v) is 4.85. The summed E-state index contributed by atoms with van der Waals surface area (Å²) >= 11 is 0. The van der Waals surface area contributed by atoms with Crippen molar-refractivity contribution in [1.82, 2.24) is 10.3 Å². The fourth-order valence-corrected chi connectivity index (χ4v) is 1.25. The summed E-state index contributed by atoms with van der Waals surface area (Å²) in [6.07, 6.45) is 2.47. The number of nitro groups is 1. The molecule has 0 aliphatic heterocycles. The molecule has 0 aromatic carbocycles. The Balaban J connectivity index is 2.93. The van der Waals surface area contributed by atoms with Crippen molar-refractivity contribution < 1.29 is 9.66 Å². The molecule has 1 aromatic heterocycles. The van der Waals surface area contributed by atoms with E-state index in [0.29, 0.717) is 17.4 Å². The van der Waals surface area contributed by atoms with Crippen molar-refractivity contribution in [2.75, 3.05) is 26.1 Å². The van der Waals surface area contributed by atoms with Gasteiger partial charge < -0.3 is 15.0 Å². The van der Waals surface area contributed by atoms with Crippen LogP contribution >= 0.6 is 0 Å². The van der Waals surface area contributed by atoms with Gasteiger partial charge in [0.15, 0.2) is 5.82 Å². The summed E-state index contributed by atoms with van der Waals surface area (Å²) in [5.41, 5.74) is 0.716. The minimum Gasteiger partial charge on any atom is -0.481 e. The Bertz CT molecular complexity index is 416. The van der Waals surface area contributed by atoms with Gasteiger partial charge in [0.05, 0.1) is 23.9 Å². The highest BCUT2D eigenvalue weighted by Crippen LogP contribution is 2.17. The smallest absolute Gasteiger partial charge is 0.274 e. The molecule has 0 fully saturated rings. The summed E-state index contributed by atoms with van der Waals surface area (Å²) in [5, 5.41) is 13.2. The number of anilines is 1. The van der Waals surface area contributed by atoms with Crippen LogP contribution in [0.1, 0.15) is 0 Å². The molecule has 7 heteroatoms. The predicted molar refractivity (Wildman–Crippen MR) is 63.3 cm³/mol. The number of hydrogen-bond acceptors (Lipinski definition) is 6. The van der Waals surface area contributed by atoms with Gasteiger partial charge in [0.2, 0.25) is 5.88 Å². The molecule has 0 aliphatic rings. The van der Waals surface area contributed by atoms with Crippen LogP contribution in [-0.2, 0) is 0 Å². The van der Waals surface area contributed by atoms with Crippen LogP contribution in [0.15, 0.2) is 30.4 Å². The van der Waals surface area contributed by atoms with Crippen molar-refractivity contribution in [3.8, 4) is 5.88 Å². The molecule has 0 saturated heterocycles. The molecule has 0 saturated carbocycles. The second kappa shape index (κ2) is 5.69. The number of hydrogen-bond donors (Lipinski definition) is 1. The maximum absolute atomic E-state index is 10.4. The highest BCUT2D eigenvalue weighted by molar-refractivity contribution is 5.49. The summed E-state index contributed by atoms with van der Waals surface area (Å²) < 4.78 is 4.93. The van der Waals surface area contributed by atoms with Gasteiger partial charge in [0.1, 0.15) is 0 Å². The van der Waals surface area contributed by atoms with E-state index in [4.69, 9.17) is 4.74 Å². The van der Waals surface area contributed by atoms with Gasteiger partial charge in [-0.25, -0.2) is 4.98 Å². The standard InChI is InChI=1S/C10H14N4O3/c1-11-9(7-14(15)16)13(2)8-4-5-10(17-3)12-6-8/h4-7,11H,1-3H3/b9-7-. The molecule has 0 radical (unpaired) electrons. The van der Waals surface area contributed by atoms with Crippen molar-refractivity contribution in [2.45, 2.75) is 0 Å². The molecule has 17 heavy (non-hydrogen) atoms. The lowest BCUT2D eigenvalue weighted by molar-refractivity contribution is -0.403. The Morgan fingerprint density at radius 3 is 2.76 bits per heavy atom. The third kappa shape index (κ3) is 3.33. The van der Waals surface area contributed by atoms with Crippen molar-refractivity contribution in [3.63, 3.8) is 0 Å². The molecule has 0 unspecified atom stereocenters. The highest BCUT2D eigenvalue weighted by Gasteiger charge is 2.09. The van der Waals surface area contributed by atoms with Crippen LogP contribution in [0, 0.1) is 10.1 Å². The third-order valence-electron chi connectivity index (χ3n) is 2.16. The number of aromatic nitrogens is 1. The van der Waals surface area contributed by atoms with Gasteiger partial charge in [-0.15, -0.1) is 0 Å². The lowest BCUT2D eigenvalue weighted by Crippen LogP contribution is -2.26. The zero-order valence-electron chi connectivity index (χ0n) is 9.88. The lowest BCUT2D eigenvalue weighted by atomic mass is 10.4. The average molecular weight is 238 g/mol. The number of pyridine rings is 1. The number of nitrogens with one attached hydrogen (secondary N) is 1. The molecule has 1 heterocycles. The molecule has 1 rings (SSSR count). The van der Waals surface area contributed by atoms with Crippen LogP contribution in [0.3, 0.4) is 0 Å². The number of nitrogens with zero attached hydrogens (tertiary/aromatic N) is 3. The largest absolute Gasteiger partial charge is 0.481 e. The van der Waals surface area contributed by atoms with Gasteiger partial charge in [0.25, 0.3) is 6.20 Å². The SMILES string of the molecule is CN/C(=C/[N+](=O)[O-])N(C)c1ccc(OC)nc1. The number of methoxy groups -OCH3 is 1. The normalized spacial score (nSPS) is 10.9. The molecule has 0 amide bonds. The van der Waals surface area contributed by atoms with Gasteiger partial charge in [-0.2, -0.15) is 0 Å². The van der Waals surface area contributed by atoms with Crippen LogP contribution in [0.25, 0.3) is 0 Å². The van der Waals surface area contributed by atoms with Crippen LogP contribution in [0.2, 0.25) is 0 Å². The van der Waals surface area contributed by atoms with Crippen molar-refractivity contribution in [1.29, 1.82) is 0 Å². The fraction of sp³-hybridized carbons (Fsp3) is 0.300. The lowest BCUT2D eigenvalue weighted by Gasteiger charge is -2.19. The Hall–Kier alpha value is -2.31. The van der Waals surface area contributed by atoms with Crippen LogP contribution in [-0.4, -0.2) is 31.1 Å². The van der Waals surface area contributed by atoms with Crippen molar-refractivity contribution >= 4 is 5.69 Å². The van der Waals surface area contributed by atoms with E-state index in [1.807, 2.05) is 0 Å². The molecule has 0 spiro atoms. The molecular weight excluding hydrogens is 224 g/mol. The van der Waals surface area contributed by atoms with E-state index < -0.39 is 4.92 Å².